The number of aliphatic hydroxyl groups excluding tert-OH is 2. The van der Waals surface area contributed by atoms with Crippen molar-refractivity contribution in [2.75, 3.05) is 153 Å². The summed E-state index contributed by atoms with van der Waals surface area (Å²) < 4.78 is 56.1. The Kier molecular flexibility index (Phi) is 51.1. The topological polar surface area (TPSA) is 339 Å². The van der Waals surface area contributed by atoms with E-state index in [2.05, 4.69) is 71.4 Å². The smallest absolute Gasteiger partial charge is 0.245 e. The van der Waals surface area contributed by atoms with E-state index in [1.54, 1.807) is 7.11 Å². The number of hydrogen-bond donors (Lipinski definition) is 8. The van der Waals surface area contributed by atoms with Crippen LogP contribution in [0.2, 0.25) is 0 Å². The highest BCUT2D eigenvalue weighted by Crippen LogP contribution is 2.25. The normalized spacial score (nSPS) is 12.3. The van der Waals surface area contributed by atoms with Gasteiger partial charge in [0.1, 0.15) is 20.2 Å². The van der Waals surface area contributed by atoms with Gasteiger partial charge >= 0.3 is 0 Å². The number of amides is 6. The molecule has 0 aliphatic rings. The van der Waals surface area contributed by atoms with E-state index in [9.17, 15) is 39.0 Å². The number of hydrogen-bond acceptors (Lipinski definition) is 18. The maximum atomic E-state index is 11.2. The zero-order chi connectivity index (χ0) is 56.3. The minimum Gasteiger partial charge on any atom is -0.412 e. The predicted molar refractivity (Wildman–Crippen MR) is 283 cm³/mol. The summed E-state index contributed by atoms with van der Waals surface area (Å²) in [5, 5.41) is 35.6. The van der Waals surface area contributed by atoms with Crippen molar-refractivity contribution in [2.24, 2.45) is 10.8 Å². The first-order valence-corrected chi connectivity index (χ1v) is 24.6. The summed E-state index contributed by atoms with van der Waals surface area (Å²) in [6.07, 6.45) is 8.37. The van der Waals surface area contributed by atoms with Crippen LogP contribution < -0.4 is 31.9 Å². The van der Waals surface area contributed by atoms with Gasteiger partial charge < -0.3 is 95.0 Å². The van der Waals surface area contributed by atoms with E-state index < -0.39 is 23.0 Å². The monoisotopic (exact) mass is 1090 g/mol. The van der Waals surface area contributed by atoms with Crippen molar-refractivity contribution in [1.82, 2.24) is 31.9 Å². The second-order valence-electron chi connectivity index (χ2n) is 16.5. The summed E-state index contributed by atoms with van der Waals surface area (Å²) >= 11 is 0. The SMILES string of the molecule is C=CC(=O)NCCOCC(COC)(COCCNC(=O)C=C)COCCNC(=O)C=C.C=CC(=O)NCOCCCCOCC(CC)(COCCC(O)COCNC(=O)C=C)COCCC(O)COCNC(=O)C=C.O. The molecule has 0 aromatic heterocycles. The molecule has 0 aliphatic heterocycles. The highest BCUT2D eigenvalue weighted by atomic mass is 16.5. The van der Waals surface area contributed by atoms with Crippen LogP contribution in [0.4, 0.5) is 0 Å². The van der Waals surface area contributed by atoms with E-state index in [-0.39, 0.29) is 127 Å². The van der Waals surface area contributed by atoms with E-state index >= 15 is 0 Å². The van der Waals surface area contributed by atoms with Gasteiger partial charge in [0, 0.05) is 58.6 Å². The molecule has 0 fully saturated rings. The van der Waals surface area contributed by atoms with Crippen LogP contribution in [-0.2, 0) is 76.1 Å². The third-order valence-electron chi connectivity index (χ3n) is 10.1. The Bertz CT molecular complexity index is 1510. The van der Waals surface area contributed by atoms with Gasteiger partial charge in [-0.3, -0.25) is 28.8 Å². The third kappa shape index (κ3) is 45.0. The van der Waals surface area contributed by atoms with E-state index in [1.165, 1.54) is 24.3 Å². The standard InChI is InChI=1S/C30H53N3O11.C21H35N3O7.H2O/c1-5-27(36)31-22-42-14-10-9-13-39-19-30(8-4,20-40-15-11-25(34)17-43-23-32-28(37)6-2)21-41-16-12-26(35)18-44-24-33-29(38)7-3;1-5-18(25)22-8-11-29-15-21(14-28-4,16-30-12-9-23-19(26)6-2)17-31-13-10-24-20(27)7-3;/h5-7,25-26,34-35H,1-3,8-24H2,4H3,(H,31,36)(H,32,37)(H,33,38);5-7H,1-3,8-17H2,4H3,(H,22,25)(H,23,26)(H,24,27);1H2. The molecule has 0 aromatic rings. The van der Waals surface area contributed by atoms with Crippen molar-refractivity contribution < 1.29 is 91.8 Å². The van der Waals surface area contributed by atoms with E-state index in [0.717, 1.165) is 25.0 Å². The average Bonchev–Trinajstić information content (AvgIpc) is 3.41. The molecule has 0 spiro atoms. The predicted octanol–water partition coefficient (Wildman–Crippen LogP) is -0.705. The number of methoxy groups -OCH3 is 1. The van der Waals surface area contributed by atoms with Crippen LogP contribution in [-0.4, -0.2) is 216 Å². The maximum Gasteiger partial charge on any atom is 0.245 e. The molecule has 0 saturated heterocycles. The zero-order valence-electron chi connectivity index (χ0n) is 44.9. The summed E-state index contributed by atoms with van der Waals surface area (Å²) in [5.41, 5.74) is -1.08. The van der Waals surface area contributed by atoms with Crippen molar-refractivity contribution in [3.05, 3.63) is 75.9 Å². The molecule has 0 bridgehead atoms. The fourth-order valence-electron chi connectivity index (χ4n) is 5.73. The molecule has 438 valence electrons. The number of rotatable bonds is 51. The highest BCUT2D eigenvalue weighted by Gasteiger charge is 2.33. The third-order valence-corrected chi connectivity index (χ3v) is 10.1. The Balaban J connectivity index is -0.00000147. The first-order valence-electron chi connectivity index (χ1n) is 24.6. The van der Waals surface area contributed by atoms with Crippen LogP contribution in [0.5, 0.6) is 0 Å². The summed E-state index contributed by atoms with van der Waals surface area (Å²) in [6.45, 7) is 27.9. The second kappa shape index (κ2) is 51.8. The molecule has 0 rings (SSSR count). The second-order valence-corrected chi connectivity index (χ2v) is 16.5. The highest BCUT2D eigenvalue weighted by molar-refractivity contribution is 5.88. The molecule has 0 heterocycles. The number of carbonyl (C=O) groups is 6. The summed E-state index contributed by atoms with van der Waals surface area (Å²) in [5.74, 6) is -1.84. The minimum absolute atomic E-state index is 0. The summed E-state index contributed by atoms with van der Waals surface area (Å²) in [7, 11) is 1.56. The summed E-state index contributed by atoms with van der Waals surface area (Å²) in [6, 6.07) is 0. The van der Waals surface area contributed by atoms with Crippen LogP contribution >= 0.6 is 0 Å². The molecule has 6 amide bonds. The maximum absolute atomic E-state index is 11.2. The quantitative estimate of drug-likeness (QED) is 0.0212. The van der Waals surface area contributed by atoms with Crippen molar-refractivity contribution in [1.29, 1.82) is 0 Å². The van der Waals surface area contributed by atoms with Crippen LogP contribution in [0.25, 0.3) is 0 Å². The zero-order valence-corrected chi connectivity index (χ0v) is 44.9. The molecular weight excluding hydrogens is 1000 g/mol. The average molecular weight is 1090 g/mol. The molecule has 76 heavy (non-hydrogen) atoms. The van der Waals surface area contributed by atoms with Crippen molar-refractivity contribution in [2.45, 2.75) is 51.2 Å². The molecule has 0 saturated carbocycles. The van der Waals surface area contributed by atoms with Gasteiger partial charge in [-0.15, -0.1) is 0 Å². The van der Waals surface area contributed by atoms with Gasteiger partial charge in [0.25, 0.3) is 0 Å². The molecule has 0 radical (unpaired) electrons. The molecule has 0 aromatic carbocycles. The van der Waals surface area contributed by atoms with Gasteiger partial charge in [0.15, 0.2) is 0 Å². The molecular formula is C51H90N6O19. The lowest BCUT2D eigenvalue weighted by molar-refractivity contribution is -0.119. The molecule has 2 atom stereocenters. The van der Waals surface area contributed by atoms with Crippen molar-refractivity contribution in [3.63, 3.8) is 0 Å². The van der Waals surface area contributed by atoms with E-state index in [4.69, 9.17) is 47.4 Å². The van der Waals surface area contributed by atoms with E-state index in [1.807, 2.05) is 6.92 Å². The number of unbranched alkanes of at least 4 members (excludes halogenated alkanes) is 1. The number of nitrogens with one attached hydrogen (secondary N) is 6. The Morgan fingerprint density at radius 3 is 1.04 bits per heavy atom. The number of carbonyl (C=O) groups excluding carboxylic acids is 6. The Morgan fingerprint density at radius 1 is 0.421 bits per heavy atom. The Morgan fingerprint density at radius 2 is 0.711 bits per heavy atom. The van der Waals surface area contributed by atoms with Gasteiger partial charge in [-0.2, -0.15) is 0 Å². The van der Waals surface area contributed by atoms with Gasteiger partial charge in [-0.1, -0.05) is 46.4 Å². The lowest BCUT2D eigenvalue weighted by atomic mass is 9.88. The minimum atomic E-state index is -0.764. The van der Waals surface area contributed by atoms with Crippen LogP contribution in [0.15, 0.2) is 75.9 Å². The Labute approximate surface area is 448 Å². The first-order chi connectivity index (χ1) is 36.1. The number of aliphatic hydroxyl groups is 2. The van der Waals surface area contributed by atoms with Gasteiger partial charge in [0.05, 0.1) is 96.9 Å². The van der Waals surface area contributed by atoms with Crippen LogP contribution in [0, 0.1) is 10.8 Å². The molecule has 25 heteroatoms. The largest absolute Gasteiger partial charge is 0.412 e. The molecule has 10 N–H and O–H groups in total. The molecule has 2 unspecified atom stereocenters. The van der Waals surface area contributed by atoms with Crippen LogP contribution in [0.3, 0.4) is 0 Å². The lowest BCUT2D eigenvalue weighted by Gasteiger charge is -2.32. The van der Waals surface area contributed by atoms with Gasteiger partial charge in [-0.05, 0) is 68.6 Å². The van der Waals surface area contributed by atoms with Crippen molar-refractivity contribution in [3.8, 4) is 0 Å². The van der Waals surface area contributed by atoms with Crippen LogP contribution in [0.1, 0.15) is 39.0 Å². The fraction of sp³-hybridized carbons (Fsp3) is 0.647. The number of ether oxygens (including phenoxy) is 10. The van der Waals surface area contributed by atoms with Crippen molar-refractivity contribution >= 4 is 35.4 Å². The van der Waals surface area contributed by atoms with E-state index in [0.29, 0.717) is 78.5 Å². The lowest BCUT2D eigenvalue weighted by Crippen LogP contribution is -2.43. The fourth-order valence-corrected chi connectivity index (χ4v) is 5.73. The Hall–Kier alpha value is -5.26. The molecule has 25 nitrogen and oxygen atoms in total. The van der Waals surface area contributed by atoms with Gasteiger partial charge in [-0.25, -0.2) is 0 Å². The first kappa shape index (κ1) is 75.0. The molecule has 0 aliphatic carbocycles. The van der Waals surface area contributed by atoms with Gasteiger partial charge in [0.2, 0.25) is 35.4 Å². The summed E-state index contributed by atoms with van der Waals surface area (Å²) in [4.78, 5) is 67.0.